The highest BCUT2D eigenvalue weighted by Gasteiger charge is 2.14. The third kappa shape index (κ3) is 3.30. The number of hydrogen-bond donors (Lipinski definition) is 1. The number of fused-ring (bicyclic) bond motifs is 3. The van der Waals surface area contributed by atoms with Crippen molar-refractivity contribution in [2.24, 2.45) is 4.99 Å². The molecule has 0 amide bonds. The van der Waals surface area contributed by atoms with Crippen LogP contribution in [0.4, 0.5) is 5.69 Å². The van der Waals surface area contributed by atoms with Crippen molar-refractivity contribution in [1.82, 2.24) is 9.38 Å². The van der Waals surface area contributed by atoms with E-state index in [1.165, 1.54) is 16.7 Å². The predicted octanol–water partition coefficient (Wildman–Crippen LogP) is 2.63. The Hall–Kier alpha value is -4.35. The molecule has 2 aromatic heterocycles. The molecule has 0 unspecified atom stereocenters. The van der Waals surface area contributed by atoms with Gasteiger partial charge in [0.1, 0.15) is 0 Å². The molecule has 0 aliphatic heterocycles. The molecule has 0 saturated heterocycles. The maximum Gasteiger partial charge on any atom is 0.328 e. The van der Waals surface area contributed by atoms with Crippen LogP contribution in [0.25, 0.3) is 28.2 Å². The molecule has 1 N–H and O–H groups in total. The Balaban J connectivity index is 1.89. The van der Waals surface area contributed by atoms with Crippen molar-refractivity contribution < 1.29 is 9.90 Å². The van der Waals surface area contributed by atoms with Gasteiger partial charge in [0.15, 0.2) is 5.65 Å². The SMILES string of the molecule is Cc1c(C=Nc2cccc(/C=C/C(=O)O)c2)c(=O)n2c(nc3ccccc32)c1=C=[N-]. The highest BCUT2D eigenvalue weighted by Crippen LogP contribution is 2.16. The van der Waals surface area contributed by atoms with E-state index in [1.54, 1.807) is 43.3 Å². The first kappa shape index (κ1) is 19.0. The van der Waals surface area contributed by atoms with Crippen molar-refractivity contribution in [2.75, 3.05) is 0 Å². The standard InChI is InChI=1S/C23H15N4O3/c1-14-17(12-24)22-26-19-7-2-3-8-20(19)27(22)23(30)18(14)13-25-16-6-4-5-15(11-16)9-10-21(28)29/h2-11,13H,1H3,(H,28,29)/q-1/b10-9+,25-13?. The Morgan fingerprint density at radius 3 is 2.80 bits per heavy atom. The number of rotatable bonds is 4. The van der Waals surface area contributed by atoms with E-state index < -0.39 is 5.97 Å². The molecule has 0 atom stereocenters. The quantitative estimate of drug-likeness (QED) is 0.423. The van der Waals surface area contributed by atoms with Crippen molar-refractivity contribution in [3.8, 4) is 0 Å². The number of carboxylic acids is 1. The van der Waals surface area contributed by atoms with E-state index in [0.717, 1.165) is 6.08 Å². The summed E-state index contributed by atoms with van der Waals surface area (Å²) in [5, 5.41) is 18.8. The number of carbonyl (C=O) groups is 1. The molecule has 2 heterocycles. The van der Waals surface area contributed by atoms with Crippen molar-refractivity contribution in [3.63, 3.8) is 0 Å². The van der Waals surface area contributed by atoms with Gasteiger partial charge in [0.05, 0.1) is 22.3 Å². The second-order valence-electron chi connectivity index (χ2n) is 6.61. The first-order valence-electron chi connectivity index (χ1n) is 9.05. The lowest BCUT2D eigenvalue weighted by Crippen LogP contribution is -2.28. The van der Waals surface area contributed by atoms with Gasteiger partial charge in [0.2, 0.25) is 0 Å². The summed E-state index contributed by atoms with van der Waals surface area (Å²) in [7, 11) is 0. The van der Waals surface area contributed by atoms with Gasteiger partial charge < -0.3 is 10.5 Å². The summed E-state index contributed by atoms with van der Waals surface area (Å²) in [6.07, 6.45) is 3.94. The monoisotopic (exact) mass is 395 g/mol. The molecule has 30 heavy (non-hydrogen) atoms. The van der Waals surface area contributed by atoms with Crippen LogP contribution in [-0.2, 0) is 4.79 Å². The number of imidazole rings is 1. The van der Waals surface area contributed by atoms with Crippen LogP contribution in [0.1, 0.15) is 16.7 Å². The van der Waals surface area contributed by atoms with Crippen LogP contribution >= 0.6 is 0 Å². The molecule has 0 saturated carbocycles. The largest absolute Gasteiger partial charge is 0.763 e. The van der Waals surface area contributed by atoms with E-state index in [9.17, 15) is 15.0 Å². The molecule has 7 heteroatoms. The Labute approximate surface area is 170 Å². The van der Waals surface area contributed by atoms with Gasteiger partial charge in [-0.2, -0.15) is 0 Å². The van der Waals surface area contributed by atoms with Crippen LogP contribution < -0.4 is 10.8 Å². The third-order valence-electron chi connectivity index (χ3n) is 4.74. The molecule has 0 bridgehead atoms. The number of pyridine rings is 1. The van der Waals surface area contributed by atoms with Crippen LogP contribution in [0, 0.1) is 6.92 Å². The molecule has 2 aromatic carbocycles. The number of aliphatic imine (C=N–C) groups is 1. The summed E-state index contributed by atoms with van der Waals surface area (Å²) >= 11 is 0. The lowest BCUT2D eigenvalue weighted by molar-refractivity contribution is -0.131. The normalized spacial score (nSPS) is 11.6. The number of benzene rings is 2. The topological polar surface area (TPSA) is 106 Å². The summed E-state index contributed by atoms with van der Waals surface area (Å²) in [6, 6.07) is 14.1. The van der Waals surface area contributed by atoms with Crippen LogP contribution in [0.15, 0.2) is 64.4 Å². The van der Waals surface area contributed by atoms with Crippen LogP contribution in [0.3, 0.4) is 0 Å². The molecule has 146 valence electrons. The summed E-state index contributed by atoms with van der Waals surface area (Å²) in [5.74, 6) is 1.11. The molecular weight excluding hydrogens is 380 g/mol. The van der Waals surface area contributed by atoms with Gasteiger partial charge in [0.25, 0.3) is 5.56 Å². The number of nitrogens with zero attached hydrogens (tertiary/aromatic N) is 4. The van der Waals surface area contributed by atoms with Crippen LogP contribution in [-0.4, -0.2) is 32.5 Å². The Kier molecular flexibility index (Phi) is 4.80. The molecule has 0 aliphatic carbocycles. The van der Waals surface area contributed by atoms with Crippen molar-refractivity contribution in [1.29, 1.82) is 0 Å². The molecule has 0 radical (unpaired) electrons. The summed E-state index contributed by atoms with van der Waals surface area (Å²) < 4.78 is 1.44. The van der Waals surface area contributed by atoms with Crippen molar-refractivity contribution in [2.45, 2.75) is 6.92 Å². The van der Waals surface area contributed by atoms with E-state index in [0.29, 0.717) is 44.3 Å². The lowest BCUT2D eigenvalue weighted by Gasteiger charge is -2.04. The predicted molar refractivity (Wildman–Crippen MR) is 117 cm³/mol. The first-order chi connectivity index (χ1) is 14.5. The zero-order chi connectivity index (χ0) is 21.3. The van der Waals surface area contributed by atoms with E-state index in [-0.39, 0.29) is 5.56 Å². The van der Waals surface area contributed by atoms with E-state index in [1.807, 2.05) is 12.1 Å². The van der Waals surface area contributed by atoms with Crippen LogP contribution in [0.5, 0.6) is 0 Å². The molecule has 7 nitrogen and oxygen atoms in total. The average molecular weight is 395 g/mol. The molecule has 4 aromatic rings. The van der Waals surface area contributed by atoms with Gasteiger partial charge in [-0.3, -0.25) is 20.1 Å². The lowest BCUT2D eigenvalue weighted by atomic mass is 10.1. The highest BCUT2D eigenvalue weighted by atomic mass is 16.4. The molecular formula is C23H15N4O3-. The first-order valence-corrected chi connectivity index (χ1v) is 9.05. The molecule has 4 rings (SSSR count). The number of aromatic nitrogens is 2. The maximum absolute atomic E-state index is 13.2. The van der Waals surface area contributed by atoms with E-state index in [2.05, 4.69) is 15.8 Å². The van der Waals surface area contributed by atoms with Crippen molar-refractivity contribution in [3.05, 3.63) is 92.3 Å². The number of hydrogen-bond acceptors (Lipinski definition) is 4. The van der Waals surface area contributed by atoms with Gasteiger partial charge in [-0.25, -0.2) is 9.78 Å². The third-order valence-corrected chi connectivity index (χ3v) is 4.74. The molecule has 0 spiro atoms. The fourth-order valence-electron chi connectivity index (χ4n) is 3.28. The smallest absolute Gasteiger partial charge is 0.328 e. The minimum absolute atomic E-state index is 0.300. The minimum Gasteiger partial charge on any atom is -0.763 e. The number of aliphatic carboxylic acids is 1. The van der Waals surface area contributed by atoms with Crippen LogP contribution in [0.2, 0.25) is 0 Å². The maximum atomic E-state index is 13.2. The van der Waals surface area contributed by atoms with Gasteiger partial charge in [-0.05, 0) is 48.4 Å². The summed E-state index contributed by atoms with van der Waals surface area (Å²) in [6.45, 7) is 1.70. The second kappa shape index (κ2) is 7.58. The van der Waals surface area contributed by atoms with Gasteiger partial charge in [-0.15, -0.1) is 0 Å². The zero-order valence-corrected chi connectivity index (χ0v) is 15.9. The Morgan fingerprint density at radius 2 is 2.03 bits per heavy atom. The fourth-order valence-corrected chi connectivity index (χ4v) is 3.28. The highest BCUT2D eigenvalue weighted by molar-refractivity contribution is 5.89. The second-order valence-corrected chi connectivity index (χ2v) is 6.61. The number of carboxylic acid groups (broad SMARTS) is 1. The summed E-state index contributed by atoms with van der Waals surface area (Å²) in [5.41, 5.74) is 3.32. The van der Waals surface area contributed by atoms with E-state index >= 15 is 0 Å². The average Bonchev–Trinajstić information content (AvgIpc) is 3.12. The Bertz CT molecular complexity index is 1510. The van der Waals surface area contributed by atoms with E-state index in [4.69, 9.17) is 5.11 Å². The van der Waals surface area contributed by atoms with Crippen molar-refractivity contribution >= 4 is 46.5 Å². The van der Waals surface area contributed by atoms with Gasteiger partial charge in [-0.1, -0.05) is 24.3 Å². The molecule has 0 fully saturated rings. The summed E-state index contributed by atoms with van der Waals surface area (Å²) in [4.78, 5) is 32.7. The minimum atomic E-state index is -1.04. The molecule has 0 aliphatic rings. The van der Waals surface area contributed by atoms with Gasteiger partial charge in [0, 0.05) is 17.5 Å². The fraction of sp³-hybridized carbons (Fsp3) is 0.0435. The van der Waals surface area contributed by atoms with Gasteiger partial charge >= 0.3 is 5.97 Å². The zero-order valence-electron chi connectivity index (χ0n) is 15.9. The Morgan fingerprint density at radius 1 is 1.23 bits per heavy atom. The number of para-hydroxylation sites is 2.